The van der Waals surface area contributed by atoms with Gasteiger partial charge in [0.15, 0.2) is 25.2 Å². The molecule has 8 aliphatic rings. The third kappa shape index (κ3) is 23.4. The van der Waals surface area contributed by atoms with Crippen LogP contribution in [0.25, 0.3) is 0 Å². The molecule has 8 rings (SSSR count). The number of carbonyl (C=O) groups excluding carboxylic acids is 12. The van der Waals surface area contributed by atoms with Gasteiger partial charge < -0.3 is 192 Å². The Morgan fingerprint density at radius 3 is 1.63 bits per heavy atom. The van der Waals surface area contributed by atoms with Crippen LogP contribution in [0.3, 0.4) is 0 Å². The smallest absolute Gasteiger partial charge is 0.364 e. The topological polar surface area (TPSA) is 770 Å². The van der Waals surface area contributed by atoms with Crippen molar-refractivity contribution >= 4 is 76.9 Å². The minimum atomic E-state index is -3.38. The monoisotopic (exact) mass is 1760 g/mol. The highest BCUT2D eigenvalue weighted by atomic mass is 16.8. The molecule has 8 heterocycles. The van der Waals surface area contributed by atoms with E-state index in [0.717, 1.165) is 32.6 Å². The van der Waals surface area contributed by atoms with Crippen molar-refractivity contribution in [3.05, 3.63) is 0 Å². The number of amides is 12. The summed E-state index contributed by atoms with van der Waals surface area (Å²) < 4.78 is 60.0. The summed E-state index contributed by atoms with van der Waals surface area (Å²) in [5.41, 5.74) is 5.37. The second kappa shape index (κ2) is 43.8. The Kier molecular flexibility index (Phi) is 35.8. The molecule has 0 radical (unpaired) electrons. The second-order valence-corrected chi connectivity index (χ2v) is 31.1. The molecule has 8 aliphatic heterocycles. The molecule has 0 saturated carbocycles. The van der Waals surface area contributed by atoms with Gasteiger partial charge in [0.1, 0.15) is 158 Å². The lowest BCUT2D eigenvalue weighted by Crippen LogP contribution is -2.71. The van der Waals surface area contributed by atoms with E-state index in [1.54, 1.807) is 0 Å². The van der Waals surface area contributed by atoms with Crippen molar-refractivity contribution in [1.82, 2.24) is 57.2 Å². The van der Waals surface area contributed by atoms with Crippen LogP contribution in [0, 0.1) is 0 Å². The van der Waals surface area contributed by atoms with E-state index in [2.05, 4.69) is 42.5 Å². The first-order valence-corrected chi connectivity index (χ1v) is 39.6. The largest absolute Gasteiger partial charge is 0.477 e. The number of ether oxygens (including phenoxy) is 10. The molecule has 17 unspecified atom stereocenters. The Hall–Kier alpha value is -7.89. The molecule has 51 heteroatoms. The van der Waals surface area contributed by atoms with Crippen LogP contribution < -0.4 is 48.3 Å². The Morgan fingerprint density at radius 2 is 1.06 bits per heavy atom. The number of hydrogen-bond acceptors (Lipinski definition) is 38. The van der Waals surface area contributed by atoms with Gasteiger partial charge in [-0.15, -0.1) is 0 Å². The molecule has 8 fully saturated rings. The van der Waals surface area contributed by atoms with Gasteiger partial charge in [-0.3, -0.25) is 57.5 Å². The van der Waals surface area contributed by atoms with Crippen molar-refractivity contribution in [2.75, 3.05) is 65.8 Å². The zero-order chi connectivity index (χ0) is 90.5. The molecule has 0 aromatic rings. The van der Waals surface area contributed by atoms with Crippen LogP contribution in [0.2, 0.25) is 0 Å². The maximum atomic E-state index is 15.3. The Balaban J connectivity index is 1.17. The maximum Gasteiger partial charge on any atom is 0.364 e. The van der Waals surface area contributed by atoms with E-state index in [-0.39, 0.29) is 45.3 Å². The van der Waals surface area contributed by atoms with Crippen molar-refractivity contribution in [2.24, 2.45) is 5.73 Å². The molecule has 0 aromatic carbocycles. The molecule has 0 aliphatic carbocycles. The Bertz CT molecular complexity index is 3660. The Labute approximate surface area is 695 Å². The zero-order valence-electron chi connectivity index (χ0n) is 67.5. The number of carbonyl (C=O) groups is 13. The molecule has 34 atom stereocenters. The van der Waals surface area contributed by atoms with Crippen LogP contribution in [0.1, 0.15) is 93.4 Å². The fourth-order valence-corrected chi connectivity index (χ4v) is 15.8. The molecule has 0 spiro atoms. The highest BCUT2D eigenvalue weighted by Gasteiger charge is 2.62. The van der Waals surface area contributed by atoms with Gasteiger partial charge in [0, 0.05) is 53.8 Å². The van der Waals surface area contributed by atoms with Crippen LogP contribution in [0.4, 0.5) is 0 Å². The number of aliphatic hydroxyl groups is 15. The molecule has 26 N–H and O–H groups in total. The van der Waals surface area contributed by atoms with E-state index in [0.29, 0.717) is 12.8 Å². The molecule has 692 valence electrons. The summed E-state index contributed by atoms with van der Waals surface area (Å²) in [6.07, 6.45) is -49.7. The average molecular weight is 1760 g/mol. The predicted octanol–water partition coefficient (Wildman–Crippen LogP) is -16.3. The van der Waals surface area contributed by atoms with E-state index in [1.807, 2.05) is 0 Å². The lowest BCUT2D eigenvalue weighted by molar-refractivity contribution is -0.383. The van der Waals surface area contributed by atoms with Gasteiger partial charge in [0.25, 0.3) is 5.79 Å². The number of rotatable bonds is 36. The fraction of sp³-hybridized carbons (Fsp3) is 0.817. The number of nitrogens with one attached hydrogen (secondary N) is 8. The zero-order valence-corrected chi connectivity index (χ0v) is 67.5. The minimum absolute atomic E-state index is 0.0526. The molecule has 8 saturated heterocycles. The first kappa shape index (κ1) is 99.5. The summed E-state index contributed by atoms with van der Waals surface area (Å²) in [7, 11) is 0. The van der Waals surface area contributed by atoms with Crippen LogP contribution in [0.15, 0.2) is 0 Å². The highest BCUT2D eigenvalue weighted by Crippen LogP contribution is 2.40. The number of nitrogens with two attached hydrogens (primary N) is 1. The first-order chi connectivity index (χ1) is 57.5. The SMILES string of the molecule is CC(=O)N[C@H]1C(O[C@@H]2OC(CO)[C@H](O)C(O[C@]3(C(=O)O)C[C@@H](O)[C@@H](NC(C)=O)C([C@H](O)[C@H](O)CO)O3)[C@@H]2O)[C@@H](O)C(CO[C@@H]2OC(CO)[C@@H](O[C@@H]3OC(CO)[C@H](O)C(O)[C@@H]3O)C(O)[C@@H]2NC(C)=O)O[C@@H]1OC(C)C(NC(=O)C(CO)NC(=O)CNC(=O)C1CCCN1C(C)=O)C(=O)NC(C)C(=O)N1CCCC1C(=O)N1CCCC1C(=O)NC(C)C(N)=O. The summed E-state index contributed by atoms with van der Waals surface area (Å²) in [6.45, 7) is -0.118. The van der Waals surface area contributed by atoms with Crippen LogP contribution in [-0.4, -0.2) is 446 Å². The van der Waals surface area contributed by atoms with E-state index < -0.39 is 337 Å². The van der Waals surface area contributed by atoms with Gasteiger partial charge in [0.05, 0.1) is 64.4 Å². The van der Waals surface area contributed by atoms with Gasteiger partial charge in [0.2, 0.25) is 70.9 Å². The normalized spacial score (nSPS) is 35.9. The number of carboxylic acids is 1. The van der Waals surface area contributed by atoms with Crippen molar-refractivity contribution in [3.63, 3.8) is 0 Å². The van der Waals surface area contributed by atoms with E-state index in [9.17, 15) is 139 Å². The highest BCUT2D eigenvalue weighted by molar-refractivity contribution is 5.98. The molecule has 12 amide bonds. The number of hydrogen-bond donors (Lipinski definition) is 25. The average Bonchev–Trinajstić information content (AvgIpc) is 1.18. The molecule has 51 nitrogen and oxygen atoms in total. The van der Waals surface area contributed by atoms with Crippen LogP contribution >= 0.6 is 0 Å². The second-order valence-electron chi connectivity index (χ2n) is 31.1. The number of aliphatic hydroxyl groups excluding tert-OH is 15. The number of aliphatic carboxylic acids is 1. The summed E-state index contributed by atoms with van der Waals surface area (Å²) >= 11 is 0. The van der Waals surface area contributed by atoms with Gasteiger partial charge in [-0.25, -0.2) is 4.79 Å². The van der Waals surface area contributed by atoms with E-state index in [1.165, 1.54) is 30.6 Å². The quantitative estimate of drug-likeness (QED) is 0.0277. The number of nitrogens with zero attached hydrogens (tertiary/aromatic N) is 3. The number of primary amides is 1. The summed E-state index contributed by atoms with van der Waals surface area (Å²) in [5.74, 6) is -16.8. The first-order valence-electron chi connectivity index (χ1n) is 39.6. The fourth-order valence-electron chi connectivity index (χ4n) is 15.8. The van der Waals surface area contributed by atoms with E-state index >= 15 is 4.79 Å². The van der Waals surface area contributed by atoms with Crippen molar-refractivity contribution < 1.29 is 191 Å². The van der Waals surface area contributed by atoms with Gasteiger partial charge >= 0.3 is 5.97 Å². The summed E-state index contributed by atoms with van der Waals surface area (Å²) in [6, 6.07) is -16.3. The summed E-state index contributed by atoms with van der Waals surface area (Å²) in [5, 5.41) is 196. The summed E-state index contributed by atoms with van der Waals surface area (Å²) in [4.78, 5) is 180. The molecular formula is C71H114N12O39. The van der Waals surface area contributed by atoms with Crippen molar-refractivity contribution in [1.29, 1.82) is 0 Å². The molecular weight excluding hydrogens is 1640 g/mol. The van der Waals surface area contributed by atoms with Gasteiger partial charge in [-0.2, -0.15) is 0 Å². The Morgan fingerprint density at radius 1 is 0.525 bits per heavy atom. The van der Waals surface area contributed by atoms with Crippen molar-refractivity contribution in [3.8, 4) is 0 Å². The van der Waals surface area contributed by atoms with E-state index in [4.69, 9.17) is 53.1 Å². The third-order valence-corrected chi connectivity index (χ3v) is 22.2. The predicted molar refractivity (Wildman–Crippen MR) is 395 cm³/mol. The lowest BCUT2D eigenvalue weighted by atomic mass is 9.88. The lowest BCUT2D eigenvalue weighted by Gasteiger charge is -2.51. The molecule has 0 aromatic heterocycles. The van der Waals surface area contributed by atoms with Crippen molar-refractivity contribution in [2.45, 2.75) is 301 Å². The third-order valence-electron chi connectivity index (χ3n) is 22.2. The standard InChI is InChI=1S/C71H114N12O39/c1-25(59(72)104)74-62(107)34-12-9-15-82(34)65(110)35-13-10-16-83(35)64(109)26(2)75-63(108)43(80-60(105)32(19-84)79-42(95)18-73-61(106)33-11-8-14-81(33)31(7)92)27(3)114-67-46(78-30(6)91)56(50(99)41(118-67)24-113-66-45(77-29(5)90)51(100)55(40(23-88)117-66)119-68-53(102)52(101)48(97)38(21-86)115-68)120-69-54(103)58(49(98)39(22-87)116-69)122-71(70(111)112)17-36(93)44(76-28(4)89)57(121-71)47(96)37(94)20-85/h25-27,32-41,43-58,66-69,84-88,93-94,96-103H,8-24H2,1-7H3,(H2,72,104)(H,73,106)(H,74,107)(H,75,108)(H,76,89)(H,77,90)(H,78,91)(H,79,95)(H,80,105)(H,111,112)/t25?,26?,27?,32?,33?,34?,35?,36-,37-,38?,39?,40?,41?,43?,44-,45+,46+,47-,48+,49+,50+,51?,52?,53+,54+,55-,56?,57?,58?,66-,67+,68+,69+,71+/m1/s1. The number of likely N-dealkylation sites (tertiary alicyclic amines) is 3. The van der Waals surface area contributed by atoms with Gasteiger partial charge in [-0.05, 0) is 59.3 Å². The minimum Gasteiger partial charge on any atom is -0.477 e. The van der Waals surface area contributed by atoms with Crippen LogP contribution in [-0.2, 0) is 110 Å². The molecule has 0 bridgehead atoms. The number of carboxylic acid groups (broad SMARTS) is 1. The van der Waals surface area contributed by atoms with Crippen LogP contribution in [0.5, 0.6) is 0 Å². The molecule has 122 heavy (non-hydrogen) atoms. The maximum absolute atomic E-state index is 15.3. The van der Waals surface area contributed by atoms with Gasteiger partial charge in [-0.1, -0.05) is 0 Å².